The Morgan fingerprint density at radius 3 is 2.31 bits per heavy atom. The maximum Gasteiger partial charge on any atom is 0.332 e. The summed E-state index contributed by atoms with van der Waals surface area (Å²) >= 11 is 0. The van der Waals surface area contributed by atoms with Crippen molar-refractivity contribution in [2.24, 2.45) is 14.1 Å². The Balaban J connectivity index is 0.00000181. The second-order valence-corrected chi connectivity index (χ2v) is 7.76. The summed E-state index contributed by atoms with van der Waals surface area (Å²) < 4.78 is 4.02. The van der Waals surface area contributed by atoms with Crippen LogP contribution in [0.3, 0.4) is 0 Å². The van der Waals surface area contributed by atoms with Crippen molar-refractivity contribution in [1.82, 2.24) is 24.0 Å². The topological polar surface area (TPSA) is 111 Å². The van der Waals surface area contributed by atoms with E-state index in [9.17, 15) is 14.4 Å². The lowest BCUT2D eigenvalue weighted by Gasteiger charge is -2.23. The van der Waals surface area contributed by atoms with E-state index in [1.54, 1.807) is 18.7 Å². The van der Waals surface area contributed by atoms with Crippen molar-refractivity contribution in [3.8, 4) is 11.4 Å². The summed E-state index contributed by atoms with van der Waals surface area (Å²) in [6, 6.07) is 8.21. The highest BCUT2D eigenvalue weighted by Crippen LogP contribution is 2.28. The van der Waals surface area contributed by atoms with Crippen molar-refractivity contribution >= 4 is 41.9 Å². The molecule has 0 atom stereocenters. The van der Waals surface area contributed by atoms with E-state index >= 15 is 0 Å². The number of nitrogens with one attached hydrogen (secondary N) is 1. The predicted molar refractivity (Wildman–Crippen MR) is 127 cm³/mol. The third-order valence-electron chi connectivity index (χ3n) is 5.88. The van der Waals surface area contributed by atoms with Crippen LogP contribution in [0, 0.1) is 0 Å². The van der Waals surface area contributed by atoms with Gasteiger partial charge in [0.25, 0.3) is 5.56 Å². The van der Waals surface area contributed by atoms with E-state index in [1.165, 1.54) is 10.1 Å². The summed E-state index contributed by atoms with van der Waals surface area (Å²) in [5.41, 5.74) is 1.60. The minimum atomic E-state index is -1.07. The number of hydrogen-bond acceptors (Lipinski definition) is 5. The smallest absolute Gasteiger partial charge is 0.332 e. The van der Waals surface area contributed by atoms with Crippen molar-refractivity contribution in [3.63, 3.8) is 0 Å². The molecule has 0 unspecified atom stereocenters. The van der Waals surface area contributed by atoms with Crippen LogP contribution in [0.2, 0.25) is 0 Å². The highest BCUT2D eigenvalue weighted by Gasteiger charge is 2.20. The fraction of sp³-hybridized carbons (Fsp3) is 0.429. The Bertz CT molecular complexity index is 1220. The molecule has 32 heavy (non-hydrogen) atoms. The van der Waals surface area contributed by atoms with Gasteiger partial charge in [-0.2, -0.15) is 0 Å². The Kier molecular flexibility index (Phi) is 8.28. The van der Waals surface area contributed by atoms with Gasteiger partial charge in [-0.05, 0) is 37.4 Å². The molecule has 1 saturated heterocycles. The minimum Gasteiger partial charge on any atom is -0.481 e. The first-order chi connectivity index (χ1) is 14.4. The van der Waals surface area contributed by atoms with E-state index in [1.807, 2.05) is 12.1 Å². The fourth-order valence-electron chi connectivity index (χ4n) is 4.23. The molecule has 1 aromatic carbocycles. The van der Waals surface area contributed by atoms with Crippen molar-refractivity contribution in [1.29, 1.82) is 0 Å². The number of imidazole rings is 1. The van der Waals surface area contributed by atoms with Gasteiger partial charge in [0.1, 0.15) is 11.5 Å². The van der Waals surface area contributed by atoms with E-state index in [0.29, 0.717) is 17.4 Å². The monoisotopic (exact) mass is 483 g/mol. The van der Waals surface area contributed by atoms with Gasteiger partial charge in [0.15, 0.2) is 5.52 Å². The fourth-order valence-corrected chi connectivity index (χ4v) is 4.23. The molecule has 0 spiro atoms. The number of halogens is 2. The molecule has 174 valence electrons. The minimum absolute atomic E-state index is 0. The van der Waals surface area contributed by atoms with Crippen LogP contribution in [-0.2, 0) is 25.4 Å². The standard InChI is InChI=1S/C21H25N5O4.2ClH/c1-24-18(15-5-3-13(4-6-15)14-7-10-22-11-8-14)23-17-19(24)25(2)21(30)26(20(17)29)12-9-16(27)28;;/h3-6,14,22H,7-12H2,1-2H3,(H,27,28);2*1H. The maximum absolute atomic E-state index is 12.8. The van der Waals surface area contributed by atoms with Gasteiger partial charge < -0.3 is 15.0 Å². The van der Waals surface area contributed by atoms with Gasteiger partial charge in [-0.1, -0.05) is 24.3 Å². The van der Waals surface area contributed by atoms with Crippen LogP contribution >= 0.6 is 24.8 Å². The van der Waals surface area contributed by atoms with Crippen LogP contribution in [0.5, 0.6) is 0 Å². The molecule has 2 aromatic heterocycles. The quantitative estimate of drug-likeness (QED) is 0.572. The average Bonchev–Trinajstić information content (AvgIpc) is 3.10. The lowest BCUT2D eigenvalue weighted by atomic mass is 9.90. The summed E-state index contributed by atoms with van der Waals surface area (Å²) in [7, 11) is 3.33. The average molecular weight is 484 g/mol. The first kappa shape index (κ1) is 25.6. The molecule has 11 heteroatoms. The molecule has 0 amide bonds. The first-order valence-corrected chi connectivity index (χ1v) is 10.1. The maximum atomic E-state index is 12.8. The molecular weight excluding hydrogens is 457 g/mol. The third-order valence-corrected chi connectivity index (χ3v) is 5.88. The van der Waals surface area contributed by atoms with Gasteiger partial charge in [-0.3, -0.25) is 18.7 Å². The number of carboxylic acid groups (broad SMARTS) is 1. The number of benzene rings is 1. The summed E-state index contributed by atoms with van der Waals surface area (Å²) in [6.07, 6.45) is 1.92. The molecule has 2 N–H and O–H groups in total. The van der Waals surface area contributed by atoms with E-state index < -0.39 is 17.2 Å². The van der Waals surface area contributed by atoms with Gasteiger partial charge in [-0.25, -0.2) is 9.78 Å². The normalized spacial score (nSPS) is 14.1. The van der Waals surface area contributed by atoms with E-state index in [-0.39, 0.29) is 43.3 Å². The van der Waals surface area contributed by atoms with Gasteiger partial charge in [0, 0.05) is 26.2 Å². The summed E-state index contributed by atoms with van der Waals surface area (Å²) in [6.45, 7) is 1.87. The number of aromatic nitrogens is 4. The number of fused-ring (bicyclic) bond motifs is 1. The predicted octanol–water partition coefficient (Wildman–Crippen LogP) is 1.89. The number of aliphatic carboxylic acids is 1. The van der Waals surface area contributed by atoms with Crippen molar-refractivity contribution in [2.45, 2.75) is 31.7 Å². The van der Waals surface area contributed by atoms with Gasteiger partial charge >= 0.3 is 11.7 Å². The molecule has 4 rings (SSSR count). The molecule has 1 fully saturated rings. The first-order valence-electron chi connectivity index (χ1n) is 10.1. The molecule has 0 bridgehead atoms. The number of piperidine rings is 1. The van der Waals surface area contributed by atoms with E-state index in [2.05, 4.69) is 22.4 Å². The Labute approximate surface area is 196 Å². The van der Waals surface area contributed by atoms with Crippen LogP contribution in [0.25, 0.3) is 22.6 Å². The number of nitrogens with zero attached hydrogens (tertiary/aromatic N) is 4. The van der Waals surface area contributed by atoms with E-state index in [4.69, 9.17) is 5.11 Å². The second kappa shape index (κ2) is 10.3. The Morgan fingerprint density at radius 2 is 1.72 bits per heavy atom. The van der Waals surface area contributed by atoms with Crippen LogP contribution < -0.4 is 16.6 Å². The van der Waals surface area contributed by atoms with Gasteiger partial charge in [-0.15, -0.1) is 24.8 Å². The van der Waals surface area contributed by atoms with Crippen LogP contribution in [0.4, 0.5) is 0 Å². The van der Waals surface area contributed by atoms with Crippen LogP contribution in [0.15, 0.2) is 33.9 Å². The van der Waals surface area contributed by atoms with Gasteiger partial charge in [0.2, 0.25) is 0 Å². The third kappa shape index (κ3) is 4.60. The van der Waals surface area contributed by atoms with Crippen LogP contribution in [0.1, 0.15) is 30.7 Å². The molecule has 1 aliphatic rings. The molecule has 0 radical (unpaired) electrons. The second-order valence-electron chi connectivity index (χ2n) is 7.76. The highest BCUT2D eigenvalue weighted by molar-refractivity contribution is 5.85. The largest absolute Gasteiger partial charge is 0.481 e. The molecule has 3 aromatic rings. The van der Waals surface area contributed by atoms with Crippen LogP contribution in [-0.4, -0.2) is 42.9 Å². The number of hydrogen-bond donors (Lipinski definition) is 2. The lowest BCUT2D eigenvalue weighted by Crippen LogP contribution is -2.39. The molecule has 3 heterocycles. The molecule has 0 saturated carbocycles. The molecule has 0 aliphatic carbocycles. The van der Waals surface area contributed by atoms with Gasteiger partial charge in [0.05, 0.1) is 6.42 Å². The molecule has 9 nitrogen and oxygen atoms in total. The summed E-state index contributed by atoms with van der Waals surface area (Å²) in [4.78, 5) is 40.9. The Hall–Kier alpha value is -2.62. The zero-order valence-corrected chi connectivity index (χ0v) is 19.5. The Morgan fingerprint density at radius 1 is 1.09 bits per heavy atom. The zero-order chi connectivity index (χ0) is 21.4. The van der Waals surface area contributed by atoms with Crippen molar-refractivity contribution in [3.05, 3.63) is 50.7 Å². The summed E-state index contributed by atoms with van der Waals surface area (Å²) in [5.74, 6) is 0.0625. The highest BCUT2D eigenvalue weighted by atomic mass is 35.5. The molecular formula is C21H27Cl2N5O4. The number of carbonyl (C=O) groups is 1. The zero-order valence-electron chi connectivity index (χ0n) is 17.9. The van der Waals surface area contributed by atoms with Crippen molar-refractivity contribution < 1.29 is 9.90 Å². The molecule has 1 aliphatic heterocycles. The number of aryl methyl sites for hydroxylation is 2. The summed E-state index contributed by atoms with van der Waals surface area (Å²) in [5, 5.41) is 12.3. The van der Waals surface area contributed by atoms with Crippen molar-refractivity contribution in [2.75, 3.05) is 13.1 Å². The number of rotatable bonds is 5. The lowest BCUT2D eigenvalue weighted by molar-refractivity contribution is -0.137. The SMILES string of the molecule is Cl.Cl.Cn1c(-c2ccc(C3CCNCC3)cc2)nc2c(=O)n(CCC(=O)O)c(=O)n(C)c21. The number of carboxylic acids is 1. The van der Waals surface area contributed by atoms with E-state index in [0.717, 1.165) is 36.1 Å².